The van der Waals surface area contributed by atoms with Crippen molar-refractivity contribution in [2.75, 3.05) is 6.16 Å². The maximum Gasteiger partial charge on any atom is 0.136 e. The van der Waals surface area contributed by atoms with E-state index >= 15 is 0 Å². The van der Waals surface area contributed by atoms with Crippen LogP contribution in [0.2, 0.25) is 0 Å². The third-order valence-corrected chi connectivity index (χ3v) is 5.40. The molecule has 0 N–H and O–H groups in total. The van der Waals surface area contributed by atoms with Crippen molar-refractivity contribution in [2.45, 2.75) is 40.5 Å². The molecule has 13 heavy (non-hydrogen) atoms. The lowest BCUT2D eigenvalue weighted by molar-refractivity contribution is -0.135. The third-order valence-electron chi connectivity index (χ3n) is 4.49. The first-order valence-corrected chi connectivity index (χ1v) is 5.89. The fraction of sp³-hybridized carbons (Fsp3) is 0.909. The average molecular weight is 200 g/mol. The van der Waals surface area contributed by atoms with Crippen molar-refractivity contribution in [1.82, 2.24) is 0 Å². The average Bonchev–Trinajstić information content (AvgIpc) is 2.09. The fourth-order valence-electron chi connectivity index (χ4n) is 2.23. The zero-order valence-electron chi connectivity index (χ0n) is 9.18. The van der Waals surface area contributed by atoms with Gasteiger partial charge in [0.15, 0.2) is 0 Å². The van der Waals surface area contributed by atoms with Crippen LogP contribution in [0, 0.1) is 16.7 Å². The van der Waals surface area contributed by atoms with E-state index in [1.807, 2.05) is 0 Å². The lowest BCUT2D eigenvalue weighted by Gasteiger charge is -2.50. The van der Waals surface area contributed by atoms with E-state index in [1.165, 1.54) is 0 Å². The summed E-state index contributed by atoms with van der Waals surface area (Å²) in [5, 5.41) is 0. The molecule has 1 aliphatic rings. The Morgan fingerprint density at radius 1 is 1.46 bits per heavy atom. The van der Waals surface area contributed by atoms with Crippen molar-refractivity contribution < 1.29 is 4.79 Å². The summed E-state index contributed by atoms with van der Waals surface area (Å²) in [6, 6.07) is 0. The largest absolute Gasteiger partial charge is 0.299 e. The van der Waals surface area contributed by atoms with Gasteiger partial charge in [-0.25, -0.2) is 0 Å². The molecule has 0 bridgehead atoms. The van der Waals surface area contributed by atoms with E-state index < -0.39 is 0 Å². The highest BCUT2D eigenvalue weighted by Gasteiger charge is 2.48. The standard InChI is InChI=1S/C11H21OP/c1-8-9(12)5-6-11(4,7-13)10(8,2)3/h8H,5-7,13H2,1-4H3. The van der Waals surface area contributed by atoms with Gasteiger partial charge in [0.25, 0.3) is 0 Å². The van der Waals surface area contributed by atoms with Crippen molar-refractivity contribution in [3.8, 4) is 0 Å². The van der Waals surface area contributed by atoms with Crippen LogP contribution < -0.4 is 0 Å². The molecule has 0 aliphatic heterocycles. The molecule has 0 heterocycles. The second-order valence-electron chi connectivity index (χ2n) is 5.17. The van der Waals surface area contributed by atoms with Crippen LogP contribution >= 0.6 is 9.24 Å². The molecule has 1 fully saturated rings. The van der Waals surface area contributed by atoms with Crippen LogP contribution in [0.4, 0.5) is 0 Å². The zero-order valence-corrected chi connectivity index (χ0v) is 10.3. The summed E-state index contributed by atoms with van der Waals surface area (Å²) in [6.45, 7) is 8.86. The maximum absolute atomic E-state index is 11.6. The zero-order chi connectivity index (χ0) is 10.3. The highest BCUT2D eigenvalue weighted by Crippen LogP contribution is 2.52. The van der Waals surface area contributed by atoms with Gasteiger partial charge in [-0.1, -0.05) is 27.7 Å². The van der Waals surface area contributed by atoms with Gasteiger partial charge in [-0.2, -0.15) is 0 Å². The molecule has 1 aliphatic carbocycles. The lowest BCUT2D eigenvalue weighted by atomic mass is 9.55. The number of carbonyl (C=O) groups excluding carboxylic acids is 1. The Morgan fingerprint density at radius 3 is 2.46 bits per heavy atom. The molecule has 0 aromatic rings. The summed E-state index contributed by atoms with van der Waals surface area (Å²) in [7, 11) is 2.84. The molecule has 1 rings (SSSR count). The number of carbonyl (C=O) groups is 1. The minimum Gasteiger partial charge on any atom is -0.299 e. The highest BCUT2D eigenvalue weighted by atomic mass is 31.0. The van der Waals surface area contributed by atoms with Gasteiger partial charge in [0.2, 0.25) is 0 Å². The molecule has 3 unspecified atom stereocenters. The molecule has 0 spiro atoms. The second kappa shape index (κ2) is 3.35. The third kappa shape index (κ3) is 1.56. The first-order chi connectivity index (χ1) is 5.85. The Hall–Kier alpha value is 0.100. The second-order valence-corrected chi connectivity index (χ2v) is 5.58. The molecule has 0 amide bonds. The van der Waals surface area contributed by atoms with Crippen LogP contribution in [0.5, 0.6) is 0 Å². The molecule has 0 aromatic heterocycles. The lowest BCUT2D eigenvalue weighted by Crippen LogP contribution is -2.48. The van der Waals surface area contributed by atoms with E-state index in [0.717, 1.165) is 19.0 Å². The highest BCUT2D eigenvalue weighted by molar-refractivity contribution is 7.16. The minimum absolute atomic E-state index is 0.143. The van der Waals surface area contributed by atoms with E-state index in [1.54, 1.807) is 0 Å². The van der Waals surface area contributed by atoms with E-state index in [9.17, 15) is 4.79 Å². The first-order valence-electron chi connectivity index (χ1n) is 5.08. The Kier molecular flexibility index (Phi) is 2.88. The predicted molar refractivity (Wildman–Crippen MR) is 59.9 cm³/mol. The molecule has 0 radical (unpaired) electrons. The number of Topliss-reactive ketones (excluding diaryl/α,β-unsaturated/α-hetero) is 1. The molecular formula is C11H21OP. The molecule has 1 nitrogen and oxygen atoms in total. The molecule has 3 atom stereocenters. The Labute approximate surface area is 83.9 Å². The van der Waals surface area contributed by atoms with Gasteiger partial charge in [0, 0.05) is 12.3 Å². The first kappa shape index (κ1) is 11.2. The van der Waals surface area contributed by atoms with Crippen molar-refractivity contribution in [3.63, 3.8) is 0 Å². The van der Waals surface area contributed by atoms with E-state index in [-0.39, 0.29) is 11.3 Å². The molecule has 76 valence electrons. The molecule has 0 aromatic carbocycles. The van der Waals surface area contributed by atoms with Gasteiger partial charge < -0.3 is 0 Å². The molecular weight excluding hydrogens is 179 g/mol. The smallest absolute Gasteiger partial charge is 0.136 e. The van der Waals surface area contributed by atoms with E-state index in [2.05, 4.69) is 36.9 Å². The van der Waals surface area contributed by atoms with Gasteiger partial charge in [0.1, 0.15) is 5.78 Å². The summed E-state index contributed by atoms with van der Waals surface area (Å²) in [6.07, 6.45) is 2.92. The van der Waals surface area contributed by atoms with Gasteiger partial charge in [-0.15, -0.1) is 9.24 Å². The monoisotopic (exact) mass is 200 g/mol. The van der Waals surface area contributed by atoms with E-state index in [0.29, 0.717) is 11.2 Å². The predicted octanol–water partition coefficient (Wildman–Crippen LogP) is 2.89. The molecule has 1 saturated carbocycles. The topological polar surface area (TPSA) is 17.1 Å². The van der Waals surface area contributed by atoms with Crippen molar-refractivity contribution in [3.05, 3.63) is 0 Å². The van der Waals surface area contributed by atoms with Gasteiger partial charge in [-0.05, 0) is 23.4 Å². The van der Waals surface area contributed by atoms with Gasteiger partial charge >= 0.3 is 0 Å². The number of hydrogen-bond acceptors (Lipinski definition) is 1. The summed E-state index contributed by atoms with van der Waals surface area (Å²) < 4.78 is 0. The van der Waals surface area contributed by atoms with Crippen LogP contribution in [-0.2, 0) is 4.79 Å². The Morgan fingerprint density at radius 2 is 2.00 bits per heavy atom. The van der Waals surface area contributed by atoms with Crippen LogP contribution in [0.1, 0.15) is 40.5 Å². The normalized spacial score (nSPS) is 39.2. The molecule has 2 heteroatoms. The summed E-state index contributed by atoms with van der Waals surface area (Å²) >= 11 is 0. The van der Waals surface area contributed by atoms with Crippen LogP contribution in [-0.4, -0.2) is 11.9 Å². The van der Waals surface area contributed by atoms with Gasteiger partial charge in [0.05, 0.1) is 0 Å². The fourth-order valence-corrected chi connectivity index (χ4v) is 2.96. The van der Waals surface area contributed by atoms with Crippen LogP contribution in [0.25, 0.3) is 0 Å². The van der Waals surface area contributed by atoms with Crippen molar-refractivity contribution in [2.24, 2.45) is 16.7 Å². The molecule has 0 saturated heterocycles. The Bertz CT molecular complexity index is 222. The Balaban J connectivity index is 2.98. The van der Waals surface area contributed by atoms with Crippen LogP contribution in [0.15, 0.2) is 0 Å². The van der Waals surface area contributed by atoms with Crippen molar-refractivity contribution in [1.29, 1.82) is 0 Å². The quantitative estimate of drug-likeness (QED) is 0.595. The summed E-state index contributed by atoms with van der Waals surface area (Å²) in [4.78, 5) is 11.6. The SMILES string of the molecule is CC1C(=O)CCC(C)(CP)C1(C)C. The van der Waals surface area contributed by atoms with Gasteiger partial charge in [-0.3, -0.25) is 4.79 Å². The number of ketones is 1. The summed E-state index contributed by atoms with van der Waals surface area (Å²) in [5.41, 5.74) is 0.453. The number of hydrogen-bond donors (Lipinski definition) is 0. The minimum atomic E-state index is 0.143. The number of rotatable bonds is 1. The van der Waals surface area contributed by atoms with E-state index in [4.69, 9.17) is 0 Å². The maximum atomic E-state index is 11.6. The van der Waals surface area contributed by atoms with Crippen LogP contribution in [0.3, 0.4) is 0 Å². The van der Waals surface area contributed by atoms with Crippen molar-refractivity contribution >= 4 is 15.0 Å². The summed E-state index contributed by atoms with van der Waals surface area (Å²) in [5.74, 6) is 0.660.